The van der Waals surface area contributed by atoms with Gasteiger partial charge in [0.25, 0.3) is 11.8 Å². The van der Waals surface area contributed by atoms with Crippen molar-refractivity contribution in [1.82, 2.24) is 19.9 Å². The summed E-state index contributed by atoms with van der Waals surface area (Å²) in [7, 11) is 0. The maximum atomic E-state index is 12.4. The highest BCUT2D eigenvalue weighted by Gasteiger charge is 2.38. The number of amides is 3. The molecule has 122 valence electrons. The molecular formula is C15H13N5O4. The number of anilines is 1. The first kappa shape index (κ1) is 14.4. The molecular weight excluding hydrogens is 314 g/mol. The molecule has 0 radical (unpaired) electrons. The highest BCUT2D eigenvalue weighted by Crippen LogP contribution is 2.28. The van der Waals surface area contributed by atoms with E-state index in [4.69, 9.17) is 5.11 Å². The van der Waals surface area contributed by atoms with Crippen molar-refractivity contribution in [3.05, 3.63) is 41.6 Å². The molecule has 0 spiro atoms. The van der Waals surface area contributed by atoms with Gasteiger partial charge in [0.2, 0.25) is 0 Å². The lowest BCUT2D eigenvalue weighted by Gasteiger charge is -2.12. The number of carbonyl (C=O) groups excluding carboxylic acids is 2. The molecule has 1 aromatic heterocycles. The number of rotatable bonds is 2. The van der Waals surface area contributed by atoms with Gasteiger partial charge in [0.05, 0.1) is 23.4 Å². The van der Waals surface area contributed by atoms with E-state index < -0.39 is 17.9 Å². The minimum Gasteiger partial charge on any atom is -0.465 e. The summed E-state index contributed by atoms with van der Waals surface area (Å²) in [5.41, 5.74) is 0.685. The summed E-state index contributed by atoms with van der Waals surface area (Å²) in [6.07, 6.45) is 1.15. The summed E-state index contributed by atoms with van der Waals surface area (Å²) in [6, 6.07) is 6.44. The van der Waals surface area contributed by atoms with Gasteiger partial charge in [0.1, 0.15) is 0 Å². The first-order valence-electron chi connectivity index (χ1n) is 7.44. The van der Waals surface area contributed by atoms with Crippen molar-refractivity contribution in [2.75, 3.05) is 18.0 Å². The van der Waals surface area contributed by atoms with Crippen LogP contribution >= 0.6 is 0 Å². The Morgan fingerprint density at radius 1 is 1.17 bits per heavy atom. The van der Waals surface area contributed by atoms with E-state index in [1.54, 1.807) is 24.3 Å². The van der Waals surface area contributed by atoms with Crippen molar-refractivity contribution in [1.29, 1.82) is 0 Å². The molecule has 1 unspecified atom stereocenters. The van der Waals surface area contributed by atoms with E-state index in [-0.39, 0.29) is 11.9 Å². The van der Waals surface area contributed by atoms with Gasteiger partial charge in [-0.05, 0) is 18.6 Å². The summed E-state index contributed by atoms with van der Waals surface area (Å²) in [5.74, 6) is -0.711. The van der Waals surface area contributed by atoms with Crippen molar-refractivity contribution in [3.63, 3.8) is 0 Å². The van der Waals surface area contributed by atoms with Gasteiger partial charge in [0, 0.05) is 13.1 Å². The van der Waals surface area contributed by atoms with Crippen LogP contribution in [0.4, 0.5) is 10.6 Å². The lowest BCUT2D eigenvalue weighted by molar-refractivity contribution is 0.0924. The van der Waals surface area contributed by atoms with Crippen LogP contribution in [-0.4, -0.2) is 56.0 Å². The number of aromatic nitrogens is 3. The Bertz CT molecular complexity index is 826. The van der Waals surface area contributed by atoms with Crippen molar-refractivity contribution in [2.45, 2.75) is 12.5 Å². The van der Waals surface area contributed by atoms with Crippen LogP contribution in [0.25, 0.3) is 0 Å². The highest BCUT2D eigenvalue weighted by molar-refractivity contribution is 6.34. The van der Waals surface area contributed by atoms with Gasteiger partial charge in [-0.25, -0.2) is 14.4 Å². The fourth-order valence-electron chi connectivity index (χ4n) is 3.08. The topological polar surface area (TPSA) is 109 Å². The number of benzene rings is 1. The van der Waals surface area contributed by atoms with Crippen molar-refractivity contribution >= 4 is 23.7 Å². The first-order chi connectivity index (χ1) is 11.6. The standard InChI is InChI=1S/C15H13N5O4/c21-13-10-3-1-2-4-11(10)14(22)20(13)12-8-19(17-16-12)9-5-6-18(7-9)15(23)24/h1-4,8-9H,5-7H2,(H,23,24). The fourth-order valence-corrected chi connectivity index (χ4v) is 3.08. The van der Waals surface area contributed by atoms with E-state index in [1.165, 1.54) is 15.8 Å². The van der Waals surface area contributed by atoms with E-state index in [1.807, 2.05) is 0 Å². The molecule has 0 bridgehead atoms. The third-order valence-electron chi connectivity index (χ3n) is 4.33. The molecule has 1 saturated heterocycles. The zero-order valence-electron chi connectivity index (χ0n) is 12.5. The van der Waals surface area contributed by atoms with Crippen molar-refractivity contribution in [3.8, 4) is 0 Å². The Hall–Kier alpha value is -3.23. The van der Waals surface area contributed by atoms with Crippen LogP contribution in [0.5, 0.6) is 0 Å². The Morgan fingerprint density at radius 2 is 1.83 bits per heavy atom. The molecule has 0 saturated carbocycles. The van der Waals surface area contributed by atoms with Gasteiger partial charge in [-0.2, -0.15) is 0 Å². The molecule has 1 atom stereocenters. The normalized spacial score (nSPS) is 19.9. The Kier molecular flexibility index (Phi) is 3.08. The maximum Gasteiger partial charge on any atom is 0.407 e. The lowest BCUT2D eigenvalue weighted by Crippen LogP contribution is -2.29. The van der Waals surface area contributed by atoms with Gasteiger partial charge in [-0.15, -0.1) is 5.10 Å². The molecule has 2 aliphatic heterocycles. The minimum absolute atomic E-state index is 0.148. The number of hydrogen-bond donors (Lipinski definition) is 1. The molecule has 0 aliphatic carbocycles. The van der Waals surface area contributed by atoms with Gasteiger partial charge in [-0.1, -0.05) is 17.3 Å². The van der Waals surface area contributed by atoms with E-state index in [9.17, 15) is 14.4 Å². The molecule has 1 N–H and O–H groups in total. The van der Waals surface area contributed by atoms with Gasteiger partial charge < -0.3 is 10.0 Å². The summed E-state index contributed by atoms with van der Waals surface area (Å²) in [5, 5.41) is 16.9. The van der Waals surface area contributed by atoms with E-state index >= 15 is 0 Å². The number of nitrogens with zero attached hydrogens (tertiary/aromatic N) is 5. The molecule has 4 rings (SSSR count). The molecule has 2 aromatic rings. The number of likely N-dealkylation sites (tertiary alicyclic amines) is 1. The zero-order valence-corrected chi connectivity index (χ0v) is 12.5. The molecule has 1 fully saturated rings. The zero-order chi connectivity index (χ0) is 16.8. The number of fused-ring (bicyclic) bond motifs is 1. The van der Waals surface area contributed by atoms with E-state index in [2.05, 4.69) is 10.3 Å². The maximum absolute atomic E-state index is 12.4. The minimum atomic E-state index is -0.974. The Labute approximate surface area is 136 Å². The average molecular weight is 327 g/mol. The average Bonchev–Trinajstić information content (AvgIpc) is 3.27. The van der Waals surface area contributed by atoms with Gasteiger partial charge >= 0.3 is 6.09 Å². The van der Waals surface area contributed by atoms with Crippen LogP contribution in [0.2, 0.25) is 0 Å². The second-order valence-electron chi connectivity index (χ2n) is 5.72. The number of carbonyl (C=O) groups is 3. The number of imide groups is 1. The molecule has 3 amide bonds. The van der Waals surface area contributed by atoms with Gasteiger partial charge in [0.15, 0.2) is 5.82 Å². The van der Waals surface area contributed by atoms with Crippen LogP contribution in [0.15, 0.2) is 30.5 Å². The van der Waals surface area contributed by atoms with Crippen molar-refractivity contribution < 1.29 is 19.5 Å². The highest BCUT2D eigenvalue weighted by atomic mass is 16.4. The Morgan fingerprint density at radius 3 is 2.42 bits per heavy atom. The van der Waals surface area contributed by atoms with Crippen LogP contribution in [0.1, 0.15) is 33.2 Å². The monoisotopic (exact) mass is 327 g/mol. The van der Waals surface area contributed by atoms with Gasteiger partial charge in [-0.3, -0.25) is 9.59 Å². The second-order valence-corrected chi connectivity index (χ2v) is 5.72. The first-order valence-corrected chi connectivity index (χ1v) is 7.44. The molecule has 24 heavy (non-hydrogen) atoms. The third kappa shape index (κ3) is 2.05. The summed E-state index contributed by atoms with van der Waals surface area (Å²) in [4.78, 5) is 38.1. The third-order valence-corrected chi connectivity index (χ3v) is 4.33. The summed E-state index contributed by atoms with van der Waals surface area (Å²) in [6.45, 7) is 0.725. The Balaban J connectivity index is 1.59. The SMILES string of the molecule is O=C(O)N1CCC(n2cc(N3C(=O)c4ccccc4C3=O)nn2)C1. The van der Waals surface area contributed by atoms with Crippen LogP contribution < -0.4 is 4.90 Å². The second kappa shape index (κ2) is 5.15. The smallest absolute Gasteiger partial charge is 0.407 e. The van der Waals surface area contributed by atoms with Crippen LogP contribution in [-0.2, 0) is 0 Å². The largest absolute Gasteiger partial charge is 0.465 e. The van der Waals surface area contributed by atoms with E-state index in [0.29, 0.717) is 30.6 Å². The molecule has 1 aromatic carbocycles. The lowest BCUT2D eigenvalue weighted by atomic mass is 10.1. The number of hydrogen-bond acceptors (Lipinski definition) is 5. The fraction of sp³-hybridized carbons (Fsp3) is 0.267. The summed E-state index contributed by atoms with van der Waals surface area (Å²) < 4.78 is 1.52. The summed E-state index contributed by atoms with van der Waals surface area (Å²) >= 11 is 0. The van der Waals surface area contributed by atoms with Crippen molar-refractivity contribution in [2.24, 2.45) is 0 Å². The van der Waals surface area contributed by atoms with E-state index in [0.717, 1.165) is 4.90 Å². The predicted molar refractivity (Wildman–Crippen MR) is 80.9 cm³/mol. The number of carboxylic acid groups (broad SMARTS) is 1. The van der Waals surface area contributed by atoms with Crippen LogP contribution in [0.3, 0.4) is 0 Å². The quantitative estimate of drug-likeness (QED) is 0.824. The molecule has 9 heteroatoms. The van der Waals surface area contributed by atoms with Crippen LogP contribution in [0, 0.1) is 0 Å². The predicted octanol–water partition coefficient (Wildman–Crippen LogP) is 1.00. The molecule has 9 nitrogen and oxygen atoms in total. The molecule has 2 aliphatic rings. The molecule has 3 heterocycles.